The van der Waals surface area contributed by atoms with E-state index < -0.39 is 9.84 Å². The lowest BCUT2D eigenvalue weighted by molar-refractivity contribution is 0.590. The topological polar surface area (TPSA) is 62.3 Å². The predicted molar refractivity (Wildman–Crippen MR) is 84.6 cm³/mol. The molecule has 5 nitrogen and oxygen atoms in total. The average molecular weight is 305 g/mol. The maximum Gasteiger partial charge on any atom is 0.179 e. The van der Waals surface area contributed by atoms with Crippen LogP contribution in [-0.2, 0) is 9.84 Å². The average Bonchev–Trinajstić information content (AvgIpc) is 2.54. The SMILES string of the molecule is CCS(=O)(=O)c1cnc2c(N3CCNCC3)cccc2c1. The van der Waals surface area contributed by atoms with Crippen molar-refractivity contribution in [2.45, 2.75) is 11.8 Å². The van der Waals surface area contributed by atoms with Crippen LogP contribution in [0.5, 0.6) is 0 Å². The standard InChI is InChI=1S/C15H19N3O2S/c1-2-21(19,20)13-10-12-4-3-5-14(15(12)17-11-13)18-8-6-16-7-9-18/h3-5,10-11,16H,2,6-9H2,1H3. The highest BCUT2D eigenvalue weighted by molar-refractivity contribution is 7.91. The Morgan fingerprint density at radius 1 is 1.29 bits per heavy atom. The molecule has 0 radical (unpaired) electrons. The van der Waals surface area contributed by atoms with Gasteiger partial charge in [-0.2, -0.15) is 0 Å². The van der Waals surface area contributed by atoms with E-state index in [1.165, 1.54) is 6.20 Å². The highest BCUT2D eigenvalue weighted by Crippen LogP contribution is 2.27. The number of nitrogens with zero attached hydrogens (tertiary/aromatic N) is 2. The second-order valence-corrected chi connectivity index (χ2v) is 7.44. The number of para-hydroxylation sites is 1. The minimum atomic E-state index is -3.21. The number of piperazine rings is 1. The van der Waals surface area contributed by atoms with Crippen LogP contribution in [0.25, 0.3) is 10.9 Å². The molecular weight excluding hydrogens is 286 g/mol. The monoisotopic (exact) mass is 305 g/mol. The number of anilines is 1. The second kappa shape index (κ2) is 5.61. The van der Waals surface area contributed by atoms with Crippen LogP contribution in [0.2, 0.25) is 0 Å². The molecule has 0 spiro atoms. The van der Waals surface area contributed by atoms with Crippen LogP contribution in [0, 0.1) is 0 Å². The summed E-state index contributed by atoms with van der Waals surface area (Å²) < 4.78 is 23.9. The number of hydrogen-bond acceptors (Lipinski definition) is 5. The zero-order valence-corrected chi connectivity index (χ0v) is 12.9. The molecule has 2 aromatic rings. The third-order valence-corrected chi connectivity index (χ3v) is 5.56. The molecule has 2 heterocycles. The largest absolute Gasteiger partial charge is 0.367 e. The van der Waals surface area contributed by atoms with Gasteiger partial charge in [-0.1, -0.05) is 19.1 Å². The third-order valence-electron chi connectivity index (χ3n) is 3.86. The van der Waals surface area contributed by atoms with Gasteiger partial charge >= 0.3 is 0 Å². The van der Waals surface area contributed by atoms with E-state index in [1.807, 2.05) is 12.1 Å². The van der Waals surface area contributed by atoms with Gasteiger partial charge < -0.3 is 10.2 Å². The maximum atomic E-state index is 12.0. The van der Waals surface area contributed by atoms with Gasteiger partial charge in [0.25, 0.3) is 0 Å². The number of nitrogens with one attached hydrogen (secondary N) is 1. The van der Waals surface area contributed by atoms with Gasteiger partial charge in [-0.05, 0) is 12.1 Å². The van der Waals surface area contributed by atoms with Crippen LogP contribution in [0.15, 0.2) is 35.4 Å². The molecule has 21 heavy (non-hydrogen) atoms. The molecule has 0 bridgehead atoms. The molecule has 3 rings (SSSR count). The summed E-state index contributed by atoms with van der Waals surface area (Å²) in [6, 6.07) is 7.66. The van der Waals surface area contributed by atoms with Gasteiger partial charge in [-0.3, -0.25) is 4.98 Å². The number of rotatable bonds is 3. The van der Waals surface area contributed by atoms with E-state index in [9.17, 15) is 8.42 Å². The molecule has 1 aliphatic rings. The lowest BCUT2D eigenvalue weighted by atomic mass is 10.1. The van der Waals surface area contributed by atoms with E-state index in [4.69, 9.17) is 0 Å². The summed E-state index contributed by atoms with van der Waals surface area (Å²) in [6.45, 7) is 5.44. The van der Waals surface area contributed by atoms with Crippen molar-refractivity contribution >= 4 is 26.4 Å². The second-order valence-electron chi connectivity index (χ2n) is 5.16. The van der Waals surface area contributed by atoms with Gasteiger partial charge in [-0.15, -0.1) is 0 Å². The zero-order chi connectivity index (χ0) is 14.9. The van der Waals surface area contributed by atoms with E-state index in [1.54, 1.807) is 13.0 Å². The minimum absolute atomic E-state index is 0.0949. The normalized spacial score (nSPS) is 16.3. The van der Waals surface area contributed by atoms with E-state index in [-0.39, 0.29) is 5.75 Å². The maximum absolute atomic E-state index is 12.0. The first kappa shape index (κ1) is 14.3. The molecule has 0 unspecified atom stereocenters. The number of aromatic nitrogens is 1. The van der Waals surface area contributed by atoms with Crippen molar-refractivity contribution in [2.24, 2.45) is 0 Å². The molecule has 1 aromatic carbocycles. The number of fused-ring (bicyclic) bond motifs is 1. The molecule has 0 atom stereocenters. The third kappa shape index (κ3) is 2.73. The fraction of sp³-hybridized carbons (Fsp3) is 0.400. The lowest BCUT2D eigenvalue weighted by Crippen LogP contribution is -2.43. The minimum Gasteiger partial charge on any atom is -0.367 e. The summed E-state index contributed by atoms with van der Waals surface area (Å²) in [7, 11) is -3.21. The smallest absolute Gasteiger partial charge is 0.179 e. The van der Waals surface area contributed by atoms with Crippen LogP contribution < -0.4 is 10.2 Å². The van der Waals surface area contributed by atoms with Gasteiger partial charge in [0.2, 0.25) is 0 Å². The molecular formula is C15H19N3O2S. The molecule has 1 aliphatic heterocycles. The Morgan fingerprint density at radius 2 is 2.05 bits per heavy atom. The molecule has 1 fully saturated rings. The van der Waals surface area contributed by atoms with Crippen LogP contribution in [-0.4, -0.2) is 45.3 Å². The highest BCUT2D eigenvalue weighted by Gasteiger charge is 2.16. The summed E-state index contributed by atoms with van der Waals surface area (Å²) in [6.07, 6.45) is 1.48. The van der Waals surface area contributed by atoms with Crippen molar-refractivity contribution in [1.29, 1.82) is 0 Å². The summed E-state index contributed by atoms with van der Waals surface area (Å²) >= 11 is 0. The Bertz CT molecular complexity index is 753. The summed E-state index contributed by atoms with van der Waals surface area (Å²) in [4.78, 5) is 7.02. The fourth-order valence-electron chi connectivity index (χ4n) is 2.62. The molecule has 0 saturated carbocycles. The van der Waals surface area contributed by atoms with Crippen molar-refractivity contribution < 1.29 is 8.42 Å². The number of sulfone groups is 1. The van der Waals surface area contributed by atoms with Crippen LogP contribution in [0.4, 0.5) is 5.69 Å². The predicted octanol–water partition coefficient (Wildman–Crippen LogP) is 1.44. The molecule has 6 heteroatoms. The van der Waals surface area contributed by atoms with Crippen LogP contribution >= 0.6 is 0 Å². The van der Waals surface area contributed by atoms with Gasteiger partial charge in [0, 0.05) is 37.8 Å². The van der Waals surface area contributed by atoms with E-state index in [2.05, 4.69) is 21.3 Å². The fourth-order valence-corrected chi connectivity index (χ4v) is 3.48. The number of benzene rings is 1. The van der Waals surface area contributed by atoms with Crippen LogP contribution in [0.3, 0.4) is 0 Å². The van der Waals surface area contributed by atoms with Crippen molar-refractivity contribution in [2.75, 3.05) is 36.8 Å². The molecule has 0 amide bonds. The van der Waals surface area contributed by atoms with Crippen molar-refractivity contribution in [3.05, 3.63) is 30.5 Å². The summed E-state index contributed by atoms with van der Waals surface area (Å²) in [5, 5.41) is 4.20. The van der Waals surface area contributed by atoms with E-state index >= 15 is 0 Å². The first-order chi connectivity index (χ1) is 10.1. The zero-order valence-electron chi connectivity index (χ0n) is 12.0. The van der Waals surface area contributed by atoms with E-state index in [0.717, 1.165) is 42.8 Å². The van der Waals surface area contributed by atoms with Gasteiger partial charge in [-0.25, -0.2) is 8.42 Å². The first-order valence-corrected chi connectivity index (χ1v) is 8.84. The lowest BCUT2D eigenvalue weighted by Gasteiger charge is -2.30. The van der Waals surface area contributed by atoms with Crippen LogP contribution in [0.1, 0.15) is 6.92 Å². The molecule has 1 saturated heterocycles. The van der Waals surface area contributed by atoms with Gasteiger partial charge in [0.1, 0.15) is 0 Å². The molecule has 1 N–H and O–H groups in total. The van der Waals surface area contributed by atoms with Gasteiger partial charge in [0.15, 0.2) is 9.84 Å². The Morgan fingerprint density at radius 3 is 2.76 bits per heavy atom. The Kier molecular flexibility index (Phi) is 3.82. The number of pyridine rings is 1. The highest BCUT2D eigenvalue weighted by atomic mass is 32.2. The molecule has 112 valence electrons. The summed E-state index contributed by atoms with van der Waals surface area (Å²) in [5.41, 5.74) is 1.95. The van der Waals surface area contributed by atoms with Crippen molar-refractivity contribution in [1.82, 2.24) is 10.3 Å². The quantitative estimate of drug-likeness (QED) is 0.929. The Hall–Kier alpha value is -1.66. The van der Waals surface area contributed by atoms with Gasteiger partial charge in [0.05, 0.1) is 21.9 Å². The molecule has 1 aromatic heterocycles. The first-order valence-electron chi connectivity index (χ1n) is 7.19. The Labute approximate surface area is 124 Å². The Balaban J connectivity index is 2.08. The van der Waals surface area contributed by atoms with Crippen molar-refractivity contribution in [3.63, 3.8) is 0 Å². The van der Waals surface area contributed by atoms with E-state index in [0.29, 0.717) is 4.90 Å². The molecule has 0 aliphatic carbocycles. The summed E-state index contributed by atoms with van der Waals surface area (Å²) in [5.74, 6) is 0.0949. The van der Waals surface area contributed by atoms with Crippen molar-refractivity contribution in [3.8, 4) is 0 Å². The number of hydrogen-bond donors (Lipinski definition) is 1.